The third kappa shape index (κ3) is 4.99. The topological polar surface area (TPSA) is 87.5 Å². The molecule has 7 nitrogen and oxygen atoms in total. The Hall–Kier alpha value is -3.91. The minimum Gasteiger partial charge on any atom is -0.322 e. The number of hydrogen-bond donors (Lipinski definition) is 3. The second-order valence-electron chi connectivity index (χ2n) is 6.93. The van der Waals surface area contributed by atoms with Gasteiger partial charge in [-0.05, 0) is 50.3 Å². The Morgan fingerprint density at radius 3 is 2.39 bits per heavy atom. The van der Waals surface area contributed by atoms with Gasteiger partial charge in [0.2, 0.25) is 5.91 Å². The predicted octanol–water partition coefficient (Wildman–Crippen LogP) is 5.31. The van der Waals surface area contributed by atoms with E-state index in [4.69, 9.17) is 0 Å². The summed E-state index contributed by atoms with van der Waals surface area (Å²) in [6.45, 7) is 3.94. The molecule has 31 heavy (non-hydrogen) atoms. The van der Waals surface area contributed by atoms with Crippen LogP contribution >= 0.6 is 11.3 Å². The normalized spacial score (nSPS) is 11.0. The first-order valence-corrected chi connectivity index (χ1v) is 10.5. The number of fused-ring (bicyclic) bond motifs is 1. The summed E-state index contributed by atoms with van der Waals surface area (Å²) in [5.74, 6) is -0.271. The van der Waals surface area contributed by atoms with Gasteiger partial charge >= 0.3 is 6.03 Å². The lowest BCUT2D eigenvalue weighted by Crippen LogP contribution is -2.19. The minimum atomic E-state index is -0.360. The van der Waals surface area contributed by atoms with E-state index in [1.54, 1.807) is 53.8 Å². The molecule has 4 rings (SSSR count). The zero-order valence-corrected chi connectivity index (χ0v) is 17.9. The molecule has 2 aromatic heterocycles. The van der Waals surface area contributed by atoms with E-state index in [1.807, 2.05) is 42.6 Å². The van der Waals surface area contributed by atoms with Gasteiger partial charge in [0.05, 0.1) is 11.4 Å². The van der Waals surface area contributed by atoms with Crippen LogP contribution < -0.4 is 16.0 Å². The van der Waals surface area contributed by atoms with Gasteiger partial charge in [-0.1, -0.05) is 24.3 Å². The minimum absolute atomic E-state index is 0.271. The van der Waals surface area contributed by atoms with Gasteiger partial charge < -0.3 is 16.0 Å². The number of imidazole rings is 1. The Morgan fingerprint density at radius 2 is 1.61 bits per heavy atom. The van der Waals surface area contributed by atoms with E-state index in [0.29, 0.717) is 17.1 Å². The lowest BCUT2D eigenvalue weighted by molar-refractivity contribution is -0.111. The number of carbonyl (C=O) groups excluding carboxylic acids is 2. The molecule has 0 radical (unpaired) electrons. The number of benzene rings is 2. The van der Waals surface area contributed by atoms with Crippen LogP contribution in [-0.4, -0.2) is 21.3 Å². The number of anilines is 3. The van der Waals surface area contributed by atoms with Crippen molar-refractivity contribution in [3.05, 3.63) is 83.1 Å². The molecular formula is C23H21N5O2S. The summed E-state index contributed by atoms with van der Waals surface area (Å²) in [6, 6.07) is 15.8. The molecular weight excluding hydrogens is 410 g/mol. The predicted molar refractivity (Wildman–Crippen MR) is 126 cm³/mol. The Balaban J connectivity index is 1.40. The number of thiazole rings is 1. The third-order valence-corrected chi connectivity index (χ3v) is 5.37. The number of nitrogens with zero attached hydrogens (tertiary/aromatic N) is 2. The smallest absolute Gasteiger partial charge is 0.322 e. The maximum absolute atomic E-state index is 12.4. The van der Waals surface area contributed by atoms with Gasteiger partial charge in [-0.2, -0.15) is 0 Å². The number of urea groups is 1. The highest BCUT2D eigenvalue weighted by Crippen LogP contribution is 2.22. The molecule has 0 bridgehead atoms. The number of amides is 3. The number of aromatic nitrogens is 2. The average molecular weight is 432 g/mol. The van der Waals surface area contributed by atoms with Crippen molar-refractivity contribution in [1.82, 2.24) is 9.38 Å². The van der Waals surface area contributed by atoms with Crippen molar-refractivity contribution in [3.63, 3.8) is 0 Å². The Morgan fingerprint density at radius 1 is 0.935 bits per heavy atom. The van der Waals surface area contributed by atoms with Gasteiger partial charge in [0, 0.05) is 34.2 Å². The molecule has 8 heteroatoms. The van der Waals surface area contributed by atoms with E-state index in [9.17, 15) is 9.59 Å². The van der Waals surface area contributed by atoms with Crippen LogP contribution in [0.25, 0.3) is 11.0 Å². The van der Waals surface area contributed by atoms with Gasteiger partial charge in [0.1, 0.15) is 0 Å². The summed E-state index contributed by atoms with van der Waals surface area (Å²) < 4.78 is 1.98. The van der Waals surface area contributed by atoms with Gasteiger partial charge in [-0.3, -0.25) is 9.20 Å². The zero-order chi connectivity index (χ0) is 21.8. The van der Waals surface area contributed by atoms with E-state index in [1.165, 1.54) is 6.08 Å². The van der Waals surface area contributed by atoms with E-state index in [0.717, 1.165) is 21.2 Å². The summed E-state index contributed by atoms with van der Waals surface area (Å²) in [4.78, 5) is 31.1. The first-order chi connectivity index (χ1) is 15.0. The van der Waals surface area contributed by atoms with Crippen molar-refractivity contribution in [1.29, 1.82) is 0 Å². The quantitative estimate of drug-likeness (QED) is 0.374. The molecule has 0 spiro atoms. The number of nitrogens with one attached hydrogen (secondary N) is 3. The fourth-order valence-corrected chi connectivity index (χ4v) is 3.99. The molecule has 0 fully saturated rings. The fraction of sp³-hybridized carbons (Fsp3) is 0.0870. The van der Waals surface area contributed by atoms with Crippen LogP contribution in [0.1, 0.15) is 16.3 Å². The SMILES string of the molecule is Cc1cn2c(/C=C/C(=O)Nc3cccc(NC(=O)Nc4ccccc4)c3)c(C)nc2s1. The molecule has 0 aliphatic heterocycles. The van der Waals surface area contributed by atoms with E-state index in [2.05, 4.69) is 20.9 Å². The van der Waals surface area contributed by atoms with E-state index < -0.39 is 0 Å². The summed E-state index contributed by atoms with van der Waals surface area (Å²) in [5, 5.41) is 8.33. The van der Waals surface area contributed by atoms with E-state index >= 15 is 0 Å². The summed E-state index contributed by atoms with van der Waals surface area (Å²) in [5.41, 5.74) is 3.58. The second kappa shape index (κ2) is 8.85. The highest BCUT2D eigenvalue weighted by molar-refractivity contribution is 7.17. The van der Waals surface area contributed by atoms with Crippen LogP contribution in [0.4, 0.5) is 21.9 Å². The van der Waals surface area contributed by atoms with Gasteiger partial charge in [0.25, 0.3) is 0 Å². The molecule has 3 N–H and O–H groups in total. The third-order valence-electron chi connectivity index (χ3n) is 4.48. The molecule has 0 atom stereocenters. The standard InChI is InChI=1S/C23H21N5O2S/c1-15-14-28-20(16(2)24-23(28)31-15)11-12-21(29)25-18-9-6-10-19(13-18)27-22(30)26-17-7-4-3-5-8-17/h3-14H,1-2H3,(H,25,29)(H2,26,27,30)/b12-11+. The number of para-hydroxylation sites is 1. The second-order valence-corrected chi connectivity index (χ2v) is 8.14. The highest BCUT2D eigenvalue weighted by atomic mass is 32.1. The molecule has 0 aliphatic carbocycles. The molecule has 0 unspecified atom stereocenters. The lowest BCUT2D eigenvalue weighted by atomic mass is 10.2. The molecule has 4 aromatic rings. The lowest BCUT2D eigenvalue weighted by Gasteiger charge is -2.09. The molecule has 2 heterocycles. The Kier molecular flexibility index (Phi) is 5.81. The van der Waals surface area contributed by atoms with Crippen molar-refractivity contribution in [2.75, 3.05) is 16.0 Å². The van der Waals surface area contributed by atoms with Gasteiger partial charge in [-0.25, -0.2) is 9.78 Å². The van der Waals surface area contributed by atoms with Crippen LogP contribution in [0, 0.1) is 13.8 Å². The maximum atomic E-state index is 12.4. The Labute approximate surface area is 183 Å². The van der Waals surface area contributed by atoms with Crippen LogP contribution in [-0.2, 0) is 4.79 Å². The molecule has 0 saturated carbocycles. The maximum Gasteiger partial charge on any atom is 0.323 e. The van der Waals surface area contributed by atoms with Crippen molar-refractivity contribution in [2.24, 2.45) is 0 Å². The zero-order valence-electron chi connectivity index (χ0n) is 17.0. The number of carbonyl (C=O) groups is 2. The van der Waals surface area contributed by atoms with Crippen molar-refractivity contribution < 1.29 is 9.59 Å². The summed E-state index contributed by atoms with van der Waals surface area (Å²) in [6.07, 6.45) is 5.24. The van der Waals surface area contributed by atoms with Crippen LogP contribution in [0.15, 0.2) is 66.9 Å². The summed E-state index contributed by atoms with van der Waals surface area (Å²) >= 11 is 1.61. The molecule has 0 saturated heterocycles. The van der Waals surface area contributed by atoms with Crippen molar-refractivity contribution >= 4 is 51.4 Å². The molecule has 2 aromatic carbocycles. The number of aryl methyl sites for hydroxylation is 2. The van der Waals surface area contributed by atoms with Crippen LogP contribution in [0.2, 0.25) is 0 Å². The molecule has 0 aliphatic rings. The number of hydrogen-bond acceptors (Lipinski definition) is 4. The van der Waals surface area contributed by atoms with Crippen LogP contribution in [0.5, 0.6) is 0 Å². The highest BCUT2D eigenvalue weighted by Gasteiger charge is 2.09. The largest absolute Gasteiger partial charge is 0.323 e. The Bertz CT molecular complexity index is 1270. The first kappa shape index (κ1) is 20.4. The van der Waals surface area contributed by atoms with E-state index in [-0.39, 0.29) is 11.9 Å². The number of rotatable bonds is 5. The van der Waals surface area contributed by atoms with Gasteiger partial charge in [-0.15, -0.1) is 11.3 Å². The molecule has 3 amide bonds. The van der Waals surface area contributed by atoms with Crippen LogP contribution in [0.3, 0.4) is 0 Å². The van der Waals surface area contributed by atoms with Crippen molar-refractivity contribution in [3.8, 4) is 0 Å². The average Bonchev–Trinajstić information content (AvgIpc) is 3.21. The monoisotopic (exact) mass is 431 g/mol. The summed E-state index contributed by atoms with van der Waals surface area (Å²) in [7, 11) is 0. The fourth-order valence-electron chi connectivity index (χ4n) is 3.11. The van der Waals surface area contributed by atoms with Gasteiger partial charge in [0.15, 0.2) is 4.96 Å². The van der Waals surface area contributed by atoms with Crippen molar-refractivity contribution in [2.45, 2.75) is 13.8 Å². The first-order valence-electron chi connectivity index (χ1n) is 9.65. The molecule has 156 valence electrons.